The summed E-state index contributed by atoms with van der Waals surface area (Å²) in [5.74, 6) is -0.135. The second-order valence-corrected chi connectivity index (χ2v) is 5.25. The van der Waals surface area contributed by atoms with Crippen LogP contribution in [0.15, 0.2) is 18.2 Å². The molecule has 1 atom stereocenters. The molecule has 0 aromatic heterocycles. The van der Waals surface area contributed by atoms with Gasteiger partial charge in [-0.05, 0) is 63.0 Å². The van der Waals surface area contributed by atoms with Crippen LogP contribution in [0, 0.1) is 12.7 Å². The van der Waals surface area contributed by atoms with Gasteiger partial charge in [0.15, 0.2) is 0 Å². The van der Waals surface area contributed by atoms with Crippen LogP contribution in [0.3, 0.4) is 0 Å². The molecule has 0 radical (unpaired) electrons. The van der Waals surface area contributed by atoms with Gasteiger partial charge >= 0.3 is 0 Å². The molecule has 100 valence electrons. The molecule has 0 aliphatic carbocycles. The molecule has 1 heterocycles. The summed E-state index contributed by atoms with van der Waals surface area (Å²) in [6.07, 6.45) is 3.57. The lowest BCUT2D eigenvalue weighted by Gasteiger charge is -2.32. The Morgan fingerprint density at radius 1 is 1.44 bits per heavy atom. The Morgan fingerprint density at radius 2 is 2.28 bits per heavy atom. The highest BCUT2D eigenvalue weighted by molar-refractivity contribution is 5.26. The fraction of sp³-hybridized carbons (Fsp3) is 0.600. The molecule has 1 aromatic carbocycles. The first-order chi connectivity index (χ1) is 8.69. The Hall–Kier alpha value is -0.930. The summed E-state index contributed by atoms with van der Waals surface area (Å²) >= 11 is 0. The number of likely N-dealkylation sites (N-methyl/N-ethyl adjacent to an activating group) is 1. The van der Waals surface area contributed by atoms with Crippen molar-refractivity contribution in [3.8, 4) is 0 Å². The lowest BCUT2D eigenvalue weighted by Crippen LogP contribution is -2.45. The van der Waals surface area contributed by atoms with Crippen molar-refractivity contribution in [3.05, 3.63) is 35.1 Å². The fourth-order valence-electron chi connectivity index (χ4n) is 2.71. The zero-order chi connectivity index (χ0) is 13.0. The van der Waals surface area contributed by atoms with Crippen LogP contribution in [-0.4, -0.2) is 37.6 Å². The van der Waals surface area contributed by atoms with Gasteiger partial charge in [0.25, 0.3) is 0 Å². The van der Waals surface area contributed by atoms with Gasteiger partial charge in [-0.1, -0.05) is 6.07 Å². The van der Waals surface area contributed by atoms with Crippen molar-refractivity contribution < 1.29 is 4.39 Å². The van der Waals surface area contributed by atoms with Crippen LogP contribution in [0.2, 0.25) is 0 Å². The van der Waals surface area contributed by atoms with E-state index in [-0.39, 0.29) is 5.82 Å². The van der Waals surface area contributed by atoms with Gasteiger partial charge in [-0.15, -0.1) is 0 Å². The fourth-order valence-corrected chi connectivity index (χ4v) is 2.71. The summed E-state index contributed by atoms with van der Waals surface area (Å²) in [4.78, 5) is 2.51. The molecule has 1 fully saturated rings. The van der Waals surface area contributed by atoms with Crippen molar-refractivity contribution in [2.75, 3.05) is 26.7 Å². The lowest BCUT2D eigenvalue weighted by atomic mass is 10.0. The molecular weight excluding hydrogens is 227 g/mol. The maximum Gasteiger partial charge on any atom is 0.123 e. The van der Waals surface area contributed by atoms with Crippen LogP contribution >= 0.6 is 0 Å². The van der Waals surface area contributed by atoms with E-state index in [4.69, 9.17) is 0 Å². The van der Waals surface area contributed by atoms with Crippen molar-refractivity contribution >= 4 is 0 Å². The van der Waals surface area contributed by atoms with Gasteiger partial charge in [0, 0.05) is 19.1 Å². The van der Waals surface area contributed by atoms with Crippen LogP contribution in [0.5, 0.6) is 0 Å². The second kappa shape index (κ2) is 6.30. The molecule has 1 unspecified atom stereocenters. The van der Waals surface area contributed by atoms with E-state index < -0.39 is 0 Å². The maximum atomic E-state index is 13.0. The lowest BCUT2D eigenvalue weighted by molar-refractivity contribution is 0.197. The third kappa shape index (κ3) is 3.53. The number of nitrogens with one attached hydrogen (secondary N) is 1. The van der Waals surface area contributed by atoms with E-state index in [1.54, 1.807) is 12.1 Å². The highest BCUT2D eigenvalue weighted by Gasteiger charge is 2.17. The largest absolute Gasteiger partial charge is 0.316 e. The molecule has 0 amide bonds. The number of nitrogens with zero attached hydrogens (tertiary/aromatic N) is 1. The second-order valence-electron chi connectivity index (χ2n) is 5.25. The monoisotopic (exact) mass is 250 g/mol. The third-order valence-electron chi connectivity index (χ3n) is 3.92. The number of benzene rings is 1. The van der Waals surface area contributed by atoms with E-state index in [1.165, 1.54) is 24.9 Å². The SMILES string of the molecule is CNC1CCCN(CCc2ccc(F)cc2C)C1. The summed E-state index contributed by atoms with van der Waals surface area (Å²) in [7, 11) is 2.04. The molecule has 1 aliphatic heterocycles. The molecule has 2 nitrogen and oxygen atoms in total. The van der Waals surface area contributed by atoms with Crippen molar-refractivity contribution in [1.29, 1.82) is 0 Å². The Bertz CT molecular complexity index is 392. The molecule has 1 N–H and O–H groups in total. The number of aryl methyl sites for hydroxylation is 1. The standard InChI is InChI=1S/C15H23FN2/c1-12-10-14(16)6-5-13(12)7-9-18-8-3-4-15(11-18)17-2/h5-6,10,15,17H,3-4,7-9,11H2,1-2H3. The Labute approximate surface area is 109 Å². The van der Waals surface area contributed by atoms with Crippen molar-refractivity contribution in [1.82, 2.24) is 10.2 Å². The quantitative estimate of drug-likeness (QED) is 0.882. The third-order valence-corrected chi connectivity index (χ3v) is 3.92. The van der Waals surface area contributed by atoms with Crippen molar-refractivity contribution in [2.24, 2.45) is 0 Å². The summed E-state index contributed by atoms with van der Waals surface area (Å²) in [6.45, 7) is 5.39. The van der Waals surface area contributed by atoms with Gasteiger partial charge in [-0.2, -0.15) is 0 Å². The van der Waals surface area contributed by atoms with Gasteiger partial charge in [0.05, 0.1) is 0 Å². The Kier molecular flexibility index (Phi) is 4.72. The first-order valence-corrected chi connectivity index (χ1v) is 6.83. The first-order valence-electron chi connectivity index (χ1n) is 6.83. The van der Waals surface area contributed by atoms with Crippen LogP contribution in [0.25, 0.3) is 0 Å². The van der Waals surface area contributed by atoms with Gasteiger partial charge in [-0.25, -0.2) is 4.39 Å². The normalized spacial score (nSPS) is 21.2. The molecule has 0 bridgehead atoms. The van der Waals surface area contributed by atoms with E-state index in [0.717, 1.165) is 25.1 Å². The number of piperidine rings is 1. The number of hydrogen-bond acceptors (Lipinski definition) is 2. The summed E-state index contributed by atoms with van der Waals surface area (Å²) in [5.41, 5.74) is 2.33. The topological polar surface area (TPSA) is 15.3 Å². The molecule has 1 aromatic rings. The summed E-state index contributed by atoms with van der Waals surface area (Å²) in [6, 6.07) is 5.74. The molecule has 18 heavy (non-hydrogen) atoms. The van der Waals surface area contributed by atoms with Crippen LogP contribution in [0.4, 0.5) is 4.39 Å². The van der Waals surface area contributed by atoms with E-state index in [2.05, 4.69) is 10.2 Å². The van der Waals surface area contributed by atoms with Crippen LogP contribution < -0.4 is 5.32 Å². The van der Waals surface area contributed by atoms with E-state index in [0.29, 0.717) is 6.04 Å². The highest BCUT2D eigenvalue weighted by Crippen LogP contribution is 2.14. The number of hydrogen-bond donors (Lipinski definition) is 1. The molecule has 3 heteroatoms. The minimum atomic E-state index is -0.135. The maximum absolute atomic E-state index is 13.0. The van der Waals surface area contributed by atoms with E-state index in [9.17, 15) is 4.39 Å². The zero-order valence-electron chi connectivity index (χ0n) is 11.4. The van der Waals surface area contributed by atoms with E-state index in [1.807, 2.05) is 20.0 Å². The highest BCUT2D eigenvalue weighted by atomic mass is 19.1. The molecule has 1 aliphatic rings. The summed E-state index contributed by atoms with van der Waals surface area (Å²) in [5, 5.41) is 3.36. The van der Waals surface area contributed by atoms with Crippen molar-refractivity contribution in [3.63, 3.8) is 0 Å². The van der Waals surface area contributed by atoms with Gasteiger partial charge in [0.2, 0.25) is 0 Å². The van der Waals surface area contributed by atoms with Crippen LogP contribution in [0.1, 0.15) is 24.0 Å². The molecule has 0 saturated carbocycles. The minimum Gasteiger partial charge on any atom is -0.316 e. The average molecular weight is 250 g/mol. The molecule has 0 spiro atoms. The first kappa shape index (κ1) is 13.5. The van der Waals surface area contributed by atoms with E-state index >= 15 is 0 Å². The van der Waals surface area contributed by atoms with Gasteiger partial charge in [-0.3, -0.25) is 0 Å². The van der Waals surface area contributed by atoms with Crippen molar-refractivity contribution in [2.45, 2.75) is 32.2 Å². The molecule has 1 saturated heterocycles. The average Bonchev–Trinajstić information content (AvgIpc) is 2.38. The molecular formula is C15H23FN2. The zero-order valence-corrected chi connectivity index (χ0v) is 11.4. The molecule has 2 rings (SSSR count). The van der Waals surface area contributed by atoms with Gasteiger partial charge < -0.3 is 10.2 Å². The number of halogens is 1. The van der Waals surface area contributed by atoms with Gasteiger partial charge in [0.1, 0.15) is 5.82 Å². The number of likely N-dealkylation sites (tertiary alicyclic amines) is 1. The predicted octanol–water partition coefficient (Wildman–Crippen LogP) is 2.36. The summed E-state index contributed by atoms with van der Waals surface area (Å²) < 4.78 is 13.0. The minimum absolute atomic E-state index is 0.135. The smallest absolute Gasteiger partial charge is 0.123 e. The Balaban J connectivity index is 1.87. The van der Waals surface area contributed by atoms with Crippen LogP contribution in [-0.2, 0) is 6.42 Å². The predicted molar refractivity (Wildman–Crippen MR) is 73.4 cm³/mol. The Morgan fingerprint density at radius 3 is 3.00 bits per heavy atom. The number of rotatable bonds is 4.